The van der Waals surface area contributed by atoms with E-state index in [0.717, 1.165) is 10.0 Å². The number of hydrogen-bond donors (Lipinski definition) is 1. The molecular formula is C11H16BrClN2O2S. The molecule has 102 valence electrons. The summed E-state index contributed by atoms with van der Waals surface area (Å²) in [6.07, 6.45) is 0. The van der Waals surface area contributed by atoms with Crippen molar-refractivity contribution < 1.29 is 8.42 Å². The maximum atomic E-state index is 11.5. The summed E-state index contributed by atoms with van der Waals surface area (Å²) in [7, 11) is -0.0603. The monoisotopic (exact) mass is 354 g/mol. The summed E-state index contributed by atoms with van der Waals surface area (Å²) < 4.78 is 25.1. The van der Waals surface area contributed by atoms with Gasteiger partial charge < -0.3 is 5.32 Å². The molecule has 0 aromatic heterocycles. The van der Waals surface area contributed by atoms with Gasteiger partial charge in [-0.3, -0.25) is 0 Å². The minimum atomic E-state index is -3.13. The van der Waals surface area contributed by atoms with Crippen LogP contribution in [0.3, 0.4) is 0 Å². The van der Waals surface area contributed by atoms with Gasteiger partial charge in [-0.05, 0) is 33.6 Å². The number of nitrogens with one attached hydrogen (secondary N) is 1. The Morgan fingerprint density at radius 2 is 2.06 bits per heavy atom. The molecule has 0 saturated heterocycles. The van der Waals surface area contributed by atoms with Gasteiger partial charge in [0.1, 0.15) is 0 Å². The van der Waals surface area contributed by atoms with Gasteiger partial charge in [-0.2, -0.15) is 0 Å². The first-order chi connectivity index (χ1) is 8.33. The topological polar surface area (TPSA) is 49.4 Å². The zero-order chi connectivity index (χ0) is 13.8. The normalized spacial score (nSPS) is 12.1. The summed E-state index contributed by atoms with van der Waals surface area (Å²) in [6.45, 7) is 1.03. The third-order valence-corrected chi connectivity index (χ3v) is 5.45. The lowest BCUT2D eigenvalue weighted by Gasteiger charge is -2.11. The highest BCUT2D eigenvalue weighted by Crippen LogP contribution is 2.22. The Balaban J connectivity index is 2.41. The molecule has 0 atom stereocenters. The van der Waals surface area contributed by atoms with Crippen molar-refractivity contribution in [2.75, 3.05) is 26.4 Å². The largest absolute Gasteiger partial charge is 0.312 e. The summed E-state index contributed by atoms with van der Waals surface area (Å²) in [6, 6.07) is 5.62. The van der Waals surface area contributed by atoms with E-state index in [9.17, 15) is 8.42 Å². The van der Waals surface area contributed by atoms with E-state index in [1.807, 2.05) is 12.1 Å². The molecule has 4 nitrogen and oxygen atoms in total. The fourth-order valence-electron chi connectivity index (χ4n) is 1.27. The highest BCUT2D eigenvalue weighted by atomic mass is 79.9. The molecule has 1 aromatic carbocycles. The molecule has 0 unspecified atom stereocenters. The van der Waals surface area contributed by atoms with Gasteiger partial charge in [-0.25, -0.2) is 12.7 Å². The van der Waals surface area contributed by atoms with E-state index in [0.29, 0.717) is 18.1 Å². The number of sulfonamides is 1. The van der Waals surface area contributed by atoms with E-state index in [1.54, 1.807) is 6.07 Å². The number of hydrogen-bond acceptors (Lipinski definition) is 3. The van der Waals surface area contributed by atoms with Crippen molar-refractivity contribution in [3.63, 3.8) is 0 Å². The lowest BCUT2D eigenvalue weighted by Crippen LogP contribution is -2.30. The number of halogens is 2. The molecule has 0 aliphatic carbocycles. The minimum Gasteiger partial charge on any atom is -0.312 e. The zero-order valence-corrected chi connectivity index (χ0v) is 13.4. The second-order valence-electron chi connectivity index (χ2n) is 4.02. The average molecular weight is 356 g/mol. The van der Waals surface area contributed by atoms with Crippen molar-refractivity contribution in [2.24, 2.45) is 0 Å². The fourth-order valence-corrected chi connectivity index (χ4v) is 2.58. The SMILES string of the molecule is CN(C)S(=O)(=O)CCNCc1ccc(Cl)c(Br)c1. The molecule has 0 fully saturated rings. The first kappa shape index (κ1) is 15.9. The van der Waals surface area contributed by atoms with Crippen LogP contribution in [0.2, 0.25) is 5.02 Å². The van der Waals surface area contributed by atoms with Crippen molar-refractivity contribution in [1.29, 1.82) is 0 Å². The molecule has 1 N–H and O–H groups in total. The Bertz CT molecular complexity index is 506. The highest BCUT2D eigenvalue weighted by Gasteiger charge is 2.12. The van der Waals surface area contributed by atoms with Gasteiger partial charge in [-0.1, -0.05) is 17.7 Å². The zero-order valence-electron chi connectivity index (χ0n) is 10.3. The summed E-state index contributed by atoms with van der Waals surface area (Å²) in [5, 5.41) is 3.75. The van der Waals surface area contributed by atoms with Crippen molar-refractivity contribution in [2.45, 2.75) is 6.54 Å². The predicted molar refractivity (Wildman–Crippen MR) is 78.3 cm³/mol. The van der Waals surface area contributed by atoms with Crippen molar-refractivity contribution in [1.82, 2.24) is 9.62 Å². The molecule has 0 amide bonds. The van der Waals surface area contributed by atoms with Gasteiger partial charge in [-0.15, -0.1) is 0 Å². The summed E-state index contributed by atoms with van der Waals surface area (Å²) in [5.74, 6) is 0.0920. The number of rotatable bonds is 6. The van der Waals surface area contributed by atoms with Gasteiger partial charge >= 0.3 is 0 Å². The minimum absolute atomic E-state index is 0.0920. The van der Waals surface area contributed by atoms with Gasteiger partial charge in [0, 0.05) is 31.7 Å². The summed E-state index contributed by atoms with van der Waals surface area (Å²) in [5.41, 5.74) is 1.05. The molecule has 1 aromatic rings. The third kappa shape index (κ3) is 4.85. The molecule has 0 saturated carbocycles. The van der Waals surface area contributed by atoms with E-state index in [4.69, 9.17) is 11.6 Å². The quantitative estimate of drug-likeness (QED) is 0.795. The first-order valence-electron chi connectivity index (χ1n) is 5.38. The van der Waals surface area contributed by atoms with E-state index in [2.05, 4.69) is 21.2 Å². The Morgan fingerprint density at radius 1 is 1.39 bits per heavy atom. The first-order valence-corrected chi connectivity index (χ1v) is 8.16. The van der Waals surface area contributed by atoms with E-state index >= 15 is 0 Å². The highest BCUT2D eigenvalue weighted by molar-refractivity contribution is 9.10. The van der Waals surface area contributed by atoms with E-state index in [1.165, 1.54) is 18.4 Å². The van der Waals surface area contributed by atoms with Crippen LogP contribution in [0.1, 0.15) is 5.56 Å². The van der Waals surface area contributed by atoms with Crippen LogP contribution in [0.4, 0.5) is 0 Å². The van der Waals surface area contributed by atoms with Crippen LogP contribution in [0.5, 0.6) is 0 Å². The number of benzene rings is 1. The van der Waals surface area contributed by atoms with Crippen LogP contribution in [-0.4, -0.2) is 39.1 Å². The van der Waals surface area contributed by atoms with Crippen LogP contribution < -0.4 is 5.32 Å². The summed E-state index contributed by atoms with van der Waals surface area (Å²) >= 11 is 9.23. The molecule has 0 spiro atoms. The number of nitrogens with zero attached hydrogens (tertiary/aromatic N) is 1. The Morgan fingerprint density at radius 3 is 2.61 bits per heavy atom. The van der Waals surface area contributed by atoms with Crippen molar-refractivity contribution in [3.05, 3.63) is 33.3 Å². The Hall–Kier alpha value is -0.140. The van der Waals surface area contributed by atoms with E-state index < -0.39 is 10.0 Å². The van der Waals surface area contributed by atoms with Crippen LogP contribution in [0.15, 0.2) is 22.7 Å². The fraction of sp³-hybridized carbons (Fsp3) is 0.455. The molecule has 0 aliphatic rings. The van der Waals surface area contributed by atoms with Gasteiger partial charge in [0.25, 0.3) is 0 Å². The maximum Gasteiger partial charge on any atom is 0.214 e. The van der Waals surface area contributed by atoms with Gasteiger partial charge in [0.2, 0.25) is 10.0 Å². The summed E-state index contributed by atoms with van der Waals surface area (Å²) in [4.78, 5) is 0. The third-order valence-electron chi connectivity index (χ3n) is 2.41. The molecule has 18 heavy (non-hydrogen) atoms. The van der Waals surface area contributed by atoms with E-state index in [-0.39, 0.29) is 5.75 Å². The van der Waals surface area contributed by atoms with Crippen LogP contribution in [-0.2, 0) is 16.6 Å². The lowest BCUT2D eigenvalue weighted by atomic mass is 10.2. The smallest absolute Gasteiger partial charge is 0.214 e. The van der Waals surface area contributed by atoms with Crippen LogP contribution >= 0.6 is 27.5 Å². The van der Waals surface area contributed by atoms with Crippen LogP contribution in [0.25, 0.3) is 0 Å². The standard InChI is InChI=1S/C11H16BrClN2O2S/c1-15(2)18(16,17)6-5-14-8-9-3-4-11(13)10(12)7-9/h3-4,7,14H,5-6,8H2,1-2H3. The van der Waals surface area contributed by atoms with Crippen molar-refractivity contribution >= 4 is 37.6 Å². The Labute approximate surface area is 121 Å². The molecular weight excluding hydrogens is 340 g/mol. The van der Waals surface area contributed by atoms with Gasteiger partial charge in [0.05, 0.1) is 10.8 Å². The predicted octanol–water partition coefficient (Wildman–Crippen LogP) is 2.08. The molecule has 0 aliphatic heterocycles. The molecule has 1 rings (SSSR count). The van der Waals surface area contributed by atoms with Crippen molar-refractivity contribution in [3.8, 4) is 0 Å². The second-order valence-corrected chi connectivity index (χ2v) is 7.59. The molecule has 0 bridgehead atoms. The lowest BCUT2D eigenvalue weighted by molar-refractivity contribution is 0.517. The second kappa shape index (κ2) is 6.86. The Kier molecular flexibility index (Phi) is 6.07. The maximum absolute atomic E-state index is 11.5. The van der Waals surface area contributed by atoms with Gasteiger partial charge in [0.15, 0.2) is 0 Å². The van der Waals surface area contributed by atoms with Crippen LogP contribution in [0, 0.1) is 0 Å². The molecule has 7 heteroatoms. The average Bonchev–Trinajstić information content (AvgIpc) is 2.29. The molecule has 0 radical (unpaired) electrons. The molecule has 0 heterocycles.